The van der Waals surface area contributed by atoms with Crippen molar-refractivity contribution in [2.24, 2.45) is 0 Å². The van der Waals surface area contributed by atoms with E-state index in [0.717, 1.165) is 16.3 Å². The van der Waals surface area contributed by atoms with Crippen LogP contribution in [0.4, 0.5) is 4.39 Å². The first kappa shape index (κ1) is 15.5. The van der Waals surface area contributed by atoms with Crippen LogP contribution in [-0.2, 0) is 16.0 Å². The van der Waals surface area contributed by atoms with Gasteiger partial charge in [0.2, 0.25) is 11.6 Å². The number of halogens is 1. The lowest BCUT2D eigenvalue weighted by Gasteiger charge is -2.17. The maximum absolute atomic E-state index is 14.0. The lowest BCUT2D eigenvalue weighted by molar-refractivity contribution is -0.150. The number of alkyl halides is 1. The standard InChI is InChI=1S/C18H18FNO3/c19-18(17(22)23)9-10-20(12-18)16(21)8-6-13-5-7-14-3-1-2-4-15(14)11-13/h1-5,7,11H,6,8-10,12H2,(H,22,23). The van der Waals surface area contributed by atoms with E-state index in [4.69, 9.17) is 5.11 Å². The van der Waals surface area contributed by atoms with Crippen molar-refractivity contribution in [1.29, 1.82) is 0 Å². The number of nitrogens with zero attached hydrogens (tertiary/aromatic N) is 1. The zero-order valence-corrected chi connectivity index (χ0v) is 12.7. The van der Waals surface area contributed by atoms with Crippen LogP contribution < -0.4 is 0 Å². The van der Waals surface area contributed by atoms with Gasteiger partial charge in [-0.3, -0.25) is 4.79 Å². The van der Waals surface area contributed by atoms with E-state index in [1.165, 1.54) is 4.90 Å². The minimum Gasteiger partial charge on any atom is -0.479 e. The van der Waals surface area contributed by atoms with E-state index in [1.807, 2.05) is 42.5 Å². The number of fused-ring (bicyclic) bond motifs is 1. The van der Waals surface area contributed by atoms with Crippen LogP contribution in [0.2, 0.25) is 0 Å². The SMILES string of the molecule is O=C(CCc1ccc2ccccc2c1)N1CCC(F)(C(=O)O)C1. The number of rotatable bonds is 4. The number of benzene rings is 2. The summed E-state index contributed by atoms with van der Waals surface area (Å²) in [6.07, 6.45) is 0.685. The second-order valence-electron chi connectivity index (χ2n) is 6.02. The molecular weight excluding hydrogens is 297 g/mol. The number of likely N-dealkylation sites (tertiary alicyclic amines) is 1. The average Bonchev–Trinajstić information content (AvgIpc) is 2.96. The van der Waals surface area contributed by atoms with Crippen molar-refractivity contribution in [3.63, 3.8) is 0 Å². The molecule has 1 fully saturated rings. The van der Waals surface area contributed by atoms with E-state index in [-0.39, 0.29) is 31.8 Å². The fraction of sp³-hybridized carbons (Fsp3) is 0.333. The predicted molar refractivity (Wildman–Crippen MR) is 84.9 cm³/mol. The zero-order valence-electron chi connectivity index (χ0n) is 12.7. The first-order valence-corrected chi connectivity index (χ1v) is 7.66. The van der Waals surface area contributed by atoms with Crippen molar-refractivity contribution in [1.82, 2.24) is 4.90 Å². The molecule has 1 heterocycles. The molecule has 120 valence electrons. The normalized spacial score (nSPS) is 20.8. The Labute approximate surface area is 133 Å². The summed E-state index contributed by atoms with van der Waals surface area (Å²) in [5.74, 6) is -1.68. The van der Waals surface area contributed by atoms with Crippen LogP contribution in [0.1, 0.15) is 18.4 Å². The Hall–Kier alpha value is -2.43. The molecule has 1 aliphatic rings. The van der Waals surface area contributed by atoms with Gasteiger partial charge in [-0.05, 0) is 22.8 Å². The molecule has 5 heteroatoms. The van der Waals surface area contributed by atoms with E-state index in [9.17, 15) is 14.0 Å². The zero-order chi connectivity index (χ0) is 16.4. The van der Waals surface area contributed by atoms with Gasteiger partial charge in [0, 0.05) is 19.4 Å². The molecule has 1 saturated heterocycles. The first-order chi connectivity index (χ1) is 11.0. The lowest BCUT2D eigenvalue weighted by Crippen LogP contribution is -2.38. The summed E-state index contributed by atoms with van der Waals surface area (Å²) in [5, 5.41) is 11.1. The van der Waals surface area contributed by atoms with E-state index in [2.05, 4.69) is 0 Å². The highest BCUT2D eigenvalue weighted by Crippen LogP contribution is 2.26. The molecule has 0 saturated carbocycles. The van der Waals surface area contributed by atoms with Gasteiger partial charge in [0.25, 0.3) is 0 Å². The number of hydrogen-bond acceptors (Lipinski definition) is 2. The lowest BCUT2D eigenvalue weighted by atomic mass is 10.0. The highest BCUT2D eigenvalue weighted by Gasteiger charge is 2.46. The smallest absolute Gasteiger partial charge is 0.343 e. The summed E-state index contributed by atoms with van der Waals surface area (Å²) in [5.41, 5.74) is -1.25. The minimum absolute atomic E-state index is 0.135. The number of amides is 1. The summed E-state index contributed by atoms with van der Waals surface area (Å²) >= 11 is 0. The topological polar surface area (TPSA) is 57.6 Å². The summed E-state index contributed by atoms with van der Waals surface area (Å²) in [4.78, 5) is 24.4. The van der Waals surface area contributed by atoms with Gasteiger partial charge in [-0.15, -0.1) is 0 Å². The second kappa shape index (κ2) is 5.99. The molecule has 3 rings (SSSR count). The number of carbonyl (C=O) groups excluding carboxylic acids is 1. The molecule has 0 radical (unpaired) electrons. The van der Waals surface area contributed by atoms with Crippen LogP contribution in [-0.4, -0.2) is 40.6 Å². The third-order valence-electron chi connectivity index (χ3n) is 4.40. The van der Waals surface area contributed by atoms with Crippen molar-refractivity contribution in [2.45, 2.75) is 24.9 Å². The Morgan fingerprint density at radius 1 is 1.17 bits per heavy atom. The Bertz CT molecular complexity index is 761. The van der Waals surface area contributed by atoms with Crippen molar-refractivity contribution in [2.75, 3.05) is 13.1 Å². The Kier molecular flexibility index (Phi) is 4.03. The van der Waals surface area contributed by atoms with E-state index in [1.54, 1.807) is 0 Å². The number of carboxylic acid groups (broad SMARTS) is 1. The van der Waals surface area contributed by atoms with E-state index < -0.39 is 11.6 Å². The molecule has 0 aliphatic carbocycles. The molecule has 1 atom stereocenters. The molecule has 2 aromatic rings. The Balaban J connectivity index is 1.61. The first-order valence-electron chi connectivity index (χ1n) is 7.66. The van der Waals surface area contributed by atoms with Crippen molar-refractivity contribution in [3.8, 4) is 0 Å². The molecular formula is C18H18FNO3. The monoisotopic (exact) mass is 315 g/mol. The van der Waals surface area contributed by atoms with Gasteiger partial charge in [-0.1, -0.05) is 42.5 Å². The molecule has 1 amide bonds. The Morgan fingerprint density at radius 2 is 1.91 bits per heavy atom. The van der Waals surface area contributed by atoms with Crippen molar-refractivity contribution < 1.29 is 19.1 Å². The summed E-state index contributed by atoms with van der Waals surface area (Å²) in [7, 11) is 0. The van der Waals surface area contributed by atoms with Gasteiger partial charge < -0.3 is 10.0 Å². The van der Waals surface area contributed by atoms with Crippen molar-refractivity contribution in [3.05, 3.63) is 48.0 Å². The molecule has 0 aromatic heterocycles. The van der Waals surface area contributed by atoms with Gasteiger partial charge in [0.05, 0.1) is 6.54 Å². The minimum atomic E-state index is -2.29. The molecule has 1 N–H and O–H groups in total. The Morgan fingerprint density at radius 3 is 2.61 bits per heavy atom. The second-order valence-corrected chi connectivity index (χ2v) is 6.02. The van der Waals surface area contributed by atoms with Gasteiger partial charge in [-0.2, -0.15) is 0 Å². The maximum Gasteiger partial charge on any atom is 0.343 e. The summed E-state index contributed by atoms with van der Waals surface area (Å²) in [6, 6.07) is 14.0. The predicted octanol–water partition coefficient (Wildman–Crippen LogP) is 2.80. The van der Waals surface area contributed by atoms with Crippen LogP contribution in [0.3, 0.4) is 0 Å². The fourth-order valence-electron chi connectivity index (χ4n) is 2.96. The molecule has 23 heavy (non-hydrogen) atoms. The van der Waals surface area contributed by atoms with Crippen LogP contribution in [0, 0.1) is 0 Å². The van der Waals surface area contributed by atoms with Crippen LogP contribution in [0.5, 0.6) is 0 Å². The number of aryl methyl sites for hydroxylation is 1. The van der Waals surface area contributed by atoms with Crippen molar-refractivity contribution >= 4 is 22.6 Å². The van der Waals surface area contributed by atoms with Crippen LogP contribution in [0.15, 0.2) is 42.5 Å². The van der Waals surface area contributed by atoms with Gasteiger partial charge in [0.15, 0.2) is 0 Å². The number of hydrogen-bond donors (Lipinski definition) is 1. The molecule has 1 unspecified atom stereocenters. The van der Waals surface area contributed by atoms with Gasteiger partial charge >= 0.3 is 5.97 Å². The number of carbonyl (C=O) groups is 2. The van der Waals surface area contributed by atoms with E-state index in [0.29, 0.717) is 6.42 Å². The van der Waals surface area contributed by atoms with Crippen LogP contribution in [0.25, 0.3) is 10.8 Å². The highest BCUT2D eigenvalue weighted by atomic mass is 19.1. The molecule has 0 bridgehead atoms. The third kappa shape index (κ3) is 3.18. The number of carboxylic acids is 1. The molecule has 1 aliphatic heterocycles. The molecule has 4 nitrogen and oxygen atoms in total. The largest absolute Gasteiger partial charge is 0.479 e. The fourth-order valence-corrected chi connectivity index (χ4v) is 2.96. The molecule has 0 spiro atoms. The number of aliphatic carboxylic acids is 1. The third-order valence-corrected chi connectivity index (χ3v) is 4.40. The van der Waals surface area contributed by atoms with Gasteiger partial charge in [0.1, 0.15) is 0 Å². The summed E-state index contributed by atoms with van der Waals surface area (Å²) in [6.45, 7) is -0.182. The van der Waals surface area contributed by atoms with Gasteiger partial charge in [-0.25, -0.2) is 9.18 Å². The average molecular weight is 315 g/mol. The molecule has 2 aromatic carbocycles. The summed E-state index contributed by atoms with van der Waals surface area (Å²) < 4.78 is 14.0. The quantitative estimate of drug-likeness (QED) is 0.944. The van der Waals surface area contributed by atoms with E-state index >= 15 is 0 Å². The highest BCUT2D eigenvalue weighted by molar-refractivity contribution is 5.84. The van der Waals surface area contributed by atoms with Crippen LogP contribution >= 0.6 is 0 Å². The maximum atomic E-state index is 14.0.